The summed E-state index contributed by atoms with van der Waals surface area (Å²) in [6.45, 7) is 2.27. The molecule has 0 heterocycles. The number of allylic oxidation sites excluding steroid dienone is 10. The van der Waals surface area contributed by atoms with E-state index in [-0.39, 0.29) is 35.9 Å². The van der Waals surface area contributed by atoms with Crippen molar-refractivity contribution in [1.29, 1.82) is 0 Å². The zero-order valence-corrected chi connectivity index (χ0v) is 40.4. The molecule has 0 bridgehead atoms. The van der Waals surface area contributed by atoms with Crippen LogP contribution >= 0.6 is 0 Å². The maximum Gasteiger partial charge on any atom is 0.213 e. The Hall–Kier alpha value is -5.20. The number of anilines is 1. The van der Waals surface area contributed by atoms with Crippen molar-refractivity contribution in [3.63, 3.8) is 0 Å². The van der Waals surface area contributed by atoms with Crippen LogP contribution in [0.1, 0.15) is 103 Å². The van der Waals surface area contributed by atoms with Crippen LogP contribution in [0.4, 0.5) is 5.69 Å². The summed E-state index contributed by atoms with van der Waals surface area (Å²) in [6, 6.07) is 33.7. The minimum absolute atomic E-state index is 0.0697. The minimum Gasteiger partial charge on any atom is -0.392 e. The molecule has 364 valence electrons. The third kappa shape index (κ3) is 12.6. The summed E-state index contributed by atoms with van der Waals surface area (Å²) in [7, 11) is 1.77. The number of aryl methyl sites for hydroxylation is 1. The highest BCUT2D eigenvalue weighted by atomic mass is 16.6. The molecule has 4 aromatic rings. The van der Waals surface area contributed by atoms with Crippen LogP contribution in [0.3, 0.4) is 0 Å². The predicted molar refractivity (Wildman–Crippen MR) is 277 cm³/mol. The van der Waals surface area contributed by atoms with E-state index < -0.39 is 31.0 Å². The number of nitrogens with one attached hydrogen (secondary N) is 3. The molecule has 7 N–H and O–H groups in total. The molecule has 0 aromatic heterocycles. The van der Waals surface area contributed by atoms with E-state index in [9.17, 15) is 20.4 Å². The highest BCUT2D eigenvalue weighted by Gasteiger charge is 2.40. The summed E-state index contributed by atoms with van der Waals surface area (Å²) < 4.78 is 11.9. The monoisotopic (exact) mass is 932 g/mol. The van der Waals surface area contributed by atoms with Crippen LogP contribution in [-0.2, 0) is 27.9 Å². The van der Waals surface area contributed by atoms with Gasteiger partial charge < -0.3 is 35.2 Å². The Labute approximate surface area is 410 Å². The van der Waals surface area contributed by atoms with Crippen molar-refractivity contribution < 1.29 is 29.9 Å². The van der Waals surface area contributed by atoms with Crippen molar-refractivity contribution in [2.45, 2.75) is 132 Å². The number of aliphatic hydroxyl groups excluding tert-OH is 4. The van der Waals surface area contributed by atoms with E-state index in [0.717, 1.165) is 68.1 Å². The minimum atomic E-state index is -1.36. The number of hydrogen-bond donors (Lipinski definition) is 7. The van der Waals surface area contributed by atoms with Gasteiger partial charge in [0.25, 0.3) is 0 Å². The van der Waals surface area contributed by atoms with Crippen molar-refractivity contribution in [1.82, 2.24) is 10.6 Å². The molecule has 0 saturated heterocycles. The number of ether oxygens (including phenoxy) is 2. The van der Waals surface area contributed by atoms with Gasteiger partial charge in [-0.1, -0.05) is 183 Å². The smallest absolute Gasteiger partial charge is 0.213 e. The van der Waals surface area contributed by atoms with Gasteiger partial charge in [-0.05, 0) is 102 Å². The zero-order chi connectivity index (χ0) is 48.0. The first-order valence-corrected chi connectivity index (χ1v) is 25.2. The van der Waals surface area contributed by atoms with Gasteiger partial charge in [0.2, 0.25) is 6.41 Å². The Morgan fingerprint density at radius 1 is 0.696 bits per heavy atom. The maximum absolute atomic E-state index is 12.2. The first-order valence-electron chi connectivity index (χ1n) is 25.2. The molecule has 4 aromatic carbocycles. The molecule has 4 aliphatic rings. The predicted octanol–water partition coefficient (Wildman–Crippen LogP) is 10.1. The Bertz CT molecular complexity index is 2430. The first-order chi connectivity index (χ1) is 33.7. The lowest BCUT2D eigenvalue weighted by atomic mass is 9.63. The Kier molecular flexibility index (Phi) is 17.9. The Balaban J connectivity index is 0.958. The van der Waals surface area contributed by atoms with E-state index in [1.165, 1.54) is 27.8 Å². The molecule has 9 nitrogen and oxygen atoms in total. The molecule has 0 fully saturated rings. The van der Waals surface area contributed by atoms with Crippen LogP contribution in [0.5, 0.6) is 0 Å². The summed E-state index contributed by atoms with van der Waals surface area (Å²) in [4.78, 5) is 0. The normalized spacial score (nSPS) is 22.4. The molecule has 10 unspecified atom stereocenters. The second-order valence-electron chi connectivity index (χ2n) is 19.3. The molecule has 69 heavy (non-hydrogen) atoms. The number of fused-ring (bicyclic) bond motifs is 3. The molecule has 8 rings (SSSR count). The summed E-state index contributed by atoms with van der Waals surface area (Å²) in [5.74, 6) is 0.578. The van der Waals surface area contributed by atoms with Crippen LogP contribution in [0.25, 0.3) is 0 Å². The molecule has 0 saturated carbocycles. The quantitative estimate of drug-likeness (QED) is 0.0256. The average Bonchev–Trinajstić information content (AvgIpc) is 3.72. The highest BCUT2D eigenvalue weighted by molar-refractivity contribution is 5.56. The van der Waals surface area contributed by atoms with E-state index in [4.69, 9.17) is 9.47 Å². The van der Waals surface area contributed by atoms with Gasteiger partial charge in [0.15, 0.2) is 0 Å². The van der Waals surface area contributed by atoms with Crippen LogP contribution in [0, 0.1) is 12.8 Å². The topological polar surface area (TPSA) is 135 Å². The number of methoxy groups -OCH3 is 1. The number of unbranched alkanes of at least 4 members (excludes halogenated alkanes) is 3. The summed E-state index contributed by atoms with van der Waals surface area (Å²) in [5.41, 5.74) is 9.81. The molecule has 0 spiro atoms. The fourth-order valence-electron chi connectivity index (χ4n) is 11.0. The van der Waals surface area contributed by atoms with E-state index in [0.29, 0.717) is 25.1 Å². The van der Waals surface area contributed by atoms with Crippen molar-refractivity contribution in [2.75, 3.05) is 19.0 Å². The molecule has 10 atom stereocenters. The van der Waals surface area contributed by atoms with Crippen LogP contribution in [-0.4, -0.2) is 71.2 Å². The standard InChI is InChI=1S/C60H73N3O6/c1-42-26-28-43(29-27-42)39-56(63-59(67)69-41-54-52-23-14-12-21-50(52)51-22-13-15-24-53(51)54)58(66)62-55(57(65)61-48-34-30-44(40-64)31-35-48)25-11-3-4-16-38-60(45-17-7-5-8-18-45,46-19-9-6-10-20-46)47-32-36-49(68-2)37-33-47/h5,7-9,12-15,17-24,26-36,49-50,52,54-59,61-67H,3-4,6,10-11,16,25,37-41H2,1-2H3. The zero-order valence-electron chi connectivity index (χ0n) is 40.4. The fraction of sp³-hybridized carbons (Fsp3) is 0.400. The van der Waals surface area contributed by atoms with Gasteiger partial charge in [0, 0.05) is 30.0 Å². The van der Waals surface area contributed by atoms with E-state index in [1.54, 1.807) is 7.11 Å². The van der Waals surface area contributed by atoms with Crippen LogP contribution in [0.15, 0.2) is 175 Å². The third-order valence-electron chi connectivity index (χ3n) is 14.8. The van der Waals surface area contributed by atoms with Gasteiger partial charge >= 0.3 is 0 Å². The first kappa shape index (κ1) is 50.2. The molecule has 0 radical (unpaired) electrons. The van der Waals surface area contributed by atoms with Gasteiger partial charge in [-0.15, -0.1) is 0 Å². The SMILES string of the molecule is COC1C=CC(C(CCCCCCC(NC(O)C(Cc2ccc(C)cc2)NC(O)OCC2c3ccccc3C3C=CC=CC32)C(O)Nc2ccc(CO)cc2)(C2=CCCC=C2)c2ccccc2)=CC1. The van der Waals surface area contributed by atoms with E-state index >= 15 is 0 Å². The van der Waals surface area contributed by atoms with E-state index in [1.807, 2.05) is 55.5 Å². The van der Waals surface area contributed by atoms with Crippen molar-refractivity contribution in [2.24, 2.45) is 5.92 Å². The van der Waals surface area contributed by atoms with Crippen molar-refractivity contribution >= 4 is 5.69 Å². The Morgan fingerprint density at radius 3 is 2.14 bits per heavy atom. The number of hydrogen-bond acceptors (Lipinski definition) is 9. The molecular weight excluding hydrogens is 859 g/mol. The third-order valence-corrected chi connectivity index (χ3v) is 14.8. The Morgan fingerprint density at radius 2 is 1.42 bits per heavy atom. The van der Waals surface area contributed by atoms with Crippen molar-refractivity contribution in [3.05, 3.63) is 208 Å². The molecule has 9 heteroatoms. The van der Waals surface area contributed by atoms with Gasteiger partial charge in [-0.2, -0.15) is 0 Å². The molecule has 4 aliphatic carbocycles. The molecule has 0 aliphatic heterocycles. The summed E-state index contributed by atoms with van der Waals surface area (Å²) >= 11 is 0. The van der Waals surface area contributed by atoms with Crippen molar-refractivity contribution in [3.8, 4) is 0 Å². The highest BCUT2D eigenvalue weighted by Crippen LogP contribution is 2.50. The summed E-state index contributed by atoms with van der Waals surface area (Å²) in [6.07, 6.45) is 27.7. The number of rotatable bonds is 25. The maximum atomic E-state index is 12.2. The lowest BCUT2D eigenvalue weighted by molar-refractivity contribution is -0.139. The second-order valence-corrected chi connectivity index (χ2v) is 19.3. The molecular formula is C60H73N3O6. The van der Waals surface area contributed by atoms with Gasteiger partial charge in [0.1, 0.15) is 12.5 Å². The summed E-state index contributed by atoms with van der Waals surface area (Å²) in [5, 5.41) is 55.1. The van der Waals surface area contributed by atoms with E-state index in [2.05, 4.69) is 131 Å². The second kappa shape index (κ2) is 24.6. The largest absolute Gasteiger partial charge is 0.392 e. The fourth-order valence-corrected chi connectivity index (χ4v) is 11.0. The van der Waals surface area contributed by atoms with Crippen LogP contribution < -0.4 is 16.0 Å². The van der Waals surface area contributed by atoms with Gasteiger partial charge in [0.05, 0.1) is 31.4 Å². The lowest BCUT2D eigenvalue weighted by Gasteiger charge is -2.40. The lowest BCUT2D eigenvalue weighted by Crippen LogP contribution is -2.58. The number of aliphatic hydroxyl groups is 4. The van der Waals surface area contributed by atoms with Gasteiger partial charge in [-0.25, -0.2) is 0 Å². The number of benzene rings is 4. The van der Waals surface area contributed by atoms with Gasteiger partial charge in [-0.3, -0.25) is 10.6 Å². The van der Waals surface area contributed by atoms with Crippen LogP contribution in [0.2, 0.25) is 0 Å². The average molecular weight is 932 g/mol. The molecule has 0 amide bonds.